The number of amides is 1. The first kappa shape index (κ1) is 12.7. The minimum Gasteiger partial charge on any atom is -0.324 e. The molecule has 2 rings (SSSR count). The summed E-state index contributed by atoms with van der Waals surface area (Å²) in [6.07, 6.45) is 1.73. The number of benzene rings is 1. The van der Waals surface area contributed by atoms with Crippen molar-refractivity contribution in [3.63, 3.8) is 0 Å². The minimum absolute atomic E-state index is 0.0238. The van der Waals surface area contributed by atoms with Gasteiger partial charge in [-0.15, -0.1) is 0 Å². The summed E-state index contributed by atoms with van der Waals surface area (Å²) >= 11 is 11.9. The number of hydrogen-bond donors (Lipinski definition) is 2. The summed E-state index contributed by atoms with van der Waals surface area (Å²) in [4.78, 5) is 12.0. The highest BCUT2D eigenvalue weighted by Gasteiger charge is 2.21. The second kappa shape index (κ2) is 5.71. The number of carbonyl (C=O) groups excluding carboxylic acids is 1. The first-order valence-electron chi connectivity index (χ1n) is 5.63. The molecule has 1 amide bonds. The lowest BCUT2D eigenvalue weighted by Crippen LogP contribution is -2.34. The zero-order chi connectivity index (χ0) is 12.3. The summed E-state index contributed by atoms with van der Waals surface area (Å²) in [6.45, 7) is 1.78. The molecule has 0 aromatic heterocycles. The van der Waals surface area contributed by atoms with Crippen LogP contribution in [-0.4, -0.2) is 19.0 Å². The Kier molecular flexibility index (Phi) is 4.26. The second-order valence-corrected chi connectivity index (χ2v) is 4.98. The van der Waals surface area contributed by atoms with Gasteiger partial charge in [-0.1, -0.05) is 23.2 Å². The molecular weight excluding hydrogens is 259 g/mol. The van der Waals surface area contributed by atoms with Crippen LogP contribution in [0.2, 0.25) is 10.0 Å². The lowest BCUT2D eigenvalue weighted by Gasteiger charge is -2.22. The predicted octanol–water partition coefficient (Wildman–Crippen LogP) is 2.93. The molecule has 1 aliphatic rings. The number of rotatable bonds is 2. The summed E-state index contributed by atoms with van der Waals surface area (Å²) in [6, 6.07) is 5.05. The van der Waals surface area contributed by atoms with Gasteiger partial charge in [-0.05, 0) is 44.1 Å². The normalized spacial score (nSPS) is 16.8. The Bertz CT molecular complexity index is 417. The van der Waals surface area contributed by atoms with Crippen molar-refractivity contribution in [1.82, 2.24) is 5.32 Å². The van der Waals surface area contributed by atoms with Gasteiger partial charge < -0.3 is 10.6 Å². The fraction of sp³-hybridized carbons (Fsp3) is 0.417. The monoisotopic (exact) mass is 272 g/mol. The Labute approximate surface area is 110 Å². The SMILES string of the molecule is O=C(Nc1cc(Cl)ccc1Cl)C1CCNCC1. The maximum atomic E-state index is 12.0. The quantitative estimate of drug-likeness (QED) is 0.869. The average Bonchev–Trinajstić information content (AvgIpc) is 2.35. The van der Waals surface area contributed by atoms with Gasteiger partial charge in [-0.25, -0.2) is 0 Å². The van der Waals surface area contributed by atoms with Gasteiger partial charge >= 0.3 is 0 Å². The first-order valence-corrected chi connectivity index (χ1v) is 6.39. The van der Waals surface area contributed by atoms with Crippen molar-refractivity contribution < 1.29 is 4.79 Å². The van der Waals surface area contributed by atoms with Gasteiger partial charge in [0.05, 0.1) is 10.7 Å². The van der Waals surface area contributed by atoms with Gasteiger partial charge in [0.2, 0.25) is 5.91 Å². The molecule has 1 fully saturated rings. The van der Waals surface area contributed by atoms with Gasteiger partial charge in [-0.2, -0.15) is 0 Å². The second-order valence-electron chi connectivity index (χ2n) is 4.14. The third kappa shape index (κ3) is 3.35. The summed E-state index contributed by atoms with van der Waals surface area (Å²) in [7, 11) is 0. The molecular formula is C12H14Cl2N2O. The molecule has 1 heterocycles. The third-order valence-electron chi connectivity index (χ3n) is 2.90. The van der Waals surface area contributed by atoms with Crippen molar-refractivity contribution in [2.45, 2.75) is 12.8 Å². The molecule has 0 atom stereocenters. The number of hydrogen-bond acceptors (Lipinski definition) is 2. The van der Waals surface area contributed by atoms with E-state index in [-0.39, 0.29) is 11.8 Å². The maximum absolute atomic E-state index is 12.0. The largest absolute Gasteiger partial charge is 0.324 e. The number of nitrogens with one attached hydrogen (secondary N) is 2. The highest BCUT2D eigenvalue weighted by atomic mass is 35.5. The highest BCUT2D eigenvalue weighted by Crippen LogP contribution is 2.26. The number of anilines is 1. The molecule has 1 aliphatic heterocycles. The summed E-state index contributed by atoms with van der Waals surface area (Å²) < 4.78 is 0. The van der Waals surface area contributed by atoms with Crippen LogP contribution in [0.5, 0.6) is 0 Å². The summed E-state index contributed by atoms with van der Waals surface area (Å²) in [5.41, 5.74) is 0.586. The summed E-state index contributed by atoms with van der Waals surface area (Å²) in [5, 5.41) is 7.14. The van der Waals surface area contributed by atoms with E-state index in [0.717, 1.165) is 25.9 Å². The van der Waals surface area contributed by atoms with Crippen LogP contribution >= 0.6 is 23.2 Å². The molecule has 92 valence electrons. The van der Waals surface area contributed by atoms with E-state index in [9.17, 15) is 4.79 Å². The van der Waals surface area contributed by atoms with E-state index in [1.54, 1.807) is 18.2 Å². The molecule has 1 saturated heterocycles. The molecule has 2 N–H and O–H groups in total. The highest BCUT2D eigenvalue weighted by molar-refractivity contribution is 6.35. The molecule has 0 bridgehead atoms. The van der Waals surface area contributed by atoms with Gasteiger partial charge in [0, 0.05) is 10.9 Å². The van der Waals surface area contributed by atoms with Crippen molar-refractivity contribution in [3.05, 3.63) is 28.2 Å². The Hall–Kier alpha value is -0.770. The van der Waals surface area contributed by atoms with Crippen LogP contribution in [-0.2, 0) is 4.79 Å². The van der Waals surface area contributed by atoms with Crippen LogP contribution in [0.15, 0.2) is 18.2 Å². The van der Waals surface area contributed by atoms with E-state index in [4.69, 9.17) is 23.2 Å². The Balaban J connectivity index is 2.04. The van der Waals surface area contributed by atoms with Crippen LogP contribution in [0.1, 0.15) is 12.8 Å². The standard InChI is InChI=1S/C12H14Cl2N2O/c13-9-1-2-10(14)11(7-9)16-12(17)8-3-5-15-6-4-8/h1-2,7-8,15H,3-6H2,(H,16,17). The lowest BCUT2D eigenvalue weighted by atomic mass is 9.97. The molecule has 0 radical (unpaired) electrons. The minimum atomic E-state index is 0.0238. The fourth-order valence-corrected chi connectivity index (χ4v) is 2.25. The summed E-state index contributed by atoms with van der Waals surface area (Å²) in [5.74, 6) is 0.0852. The van der Waals surface area contributed by atoms with E-state index in [0.29, 0.717) is 15.7 Å². The molecule has 1 aromatic carbocycles. The molecule has 3 nitrogen and oxygen atoms in total. The molecule has 5 heteroatoms. The Morgan fingerprint density at radius 1 is 1.29 bits per heavy atom. The zero-order valence-corrected chi connectivity index (χ0v) is 10.8. The smallest absolute Gasteiger partial charge is 0.227 e. The van der Waals surface area contributed by atoms with Crippen LogP contribution < -0.4 is 10.6 Å². The number of carbonyl (C=O) groups is 1. The zero-order valence-electron chi connectivity index (χ0n) is 9.30. The van der Waals surface area contributed by atoms with E-state index < -0.39 is 0 Å². The van der Waals surface area contributed by atoms with Crippen LogP contribution in [0.3, 0.4) is 0 Å². The first-order chi connectivity index (χ1) is 8.16. The molecule has 17 heavy (non-hydrogen) atoms. The van der Waals surface area contributed by atoms with Crippen LogP contribution in [0.4, 0.5) is 5.69 Å². The van der Waals surface area contributed by atoms with Gasteiger partial charge in [-0.3, -0.25) is 4.79 Å². The van der Waals surface area contributed by atoms with Crippen LogP contribution in [0, 0.1) is 5.92 Å². The van der Waals surface area contributed by atoms with Crippen LogP contribution in [0.25, 0.3) is 0 Å². The van der Waals surface area contributed by atoms with E-state index >= 15 is 0 Å². The molecule has 0 saturated carbocycles. The Morgan fingerprint density at radius 2 is 2.00 bits per heavy atom. The van der Waals surface area contributed by atoms with E-state index in [2.05, 4.69) is 10.6 Å². The molecule has 0 unspecified atom stereocenters. The third-order valence-corrected chi connectivity index (χ3v) is 3.46. The Morgan fingerprint density at radius 3 is 2.71 bits per heavy atom. The van der Waals surface area contributed by atoms with Crippen molar-refractivity contribution in [3.8, 4) is 0 Å². The van der Waals surface area contributed by atoms with Gasteiger partial charge in [0.1, 0.15) is 0 Å². The van der Waals surface area contributed by atoms with Gasteiger partial charge in [0.15, 0.2) is 0 Å². The number of piperidine rings is 1. The molecule has 0 spiro atoms. The molecule has 0 aliphatic carbocycles. The van der Waals surface area contributed by atoms with Crippen molar-refractivity contribution in [1.29, 1.82) is 0 Å². The predicted molar refractivity (Wildman–Crippen MR) is 70.7 cm³/mol. The fourth-order valence-electron chi connectivity index (χ4n) is 1.91. The molecule has 1 aromatic rings. The maximum Gasteiger partial charge on any atom is 0.227 e. The van der Waals surface area contributed by atoms with Crippen molar-refractivity contribution in [2.75, 3.05) is 18.4 Å². The van der Waals surface area contributed by atoms with Crippen molar-refractivity contribution >= 4 is 34.8 Å². The average molecular weight is 273 g/mol. The van der Waals surface area contributed by atoms with E-state index in [1.165, 1.54) is 0 Å². The topological polar surface area (TPSA) is 41.1 Å². The van der Waals surface area contributed by atoms with Crippen molar-refractivity contribution in [2.24, 2.45) is 5.92 Å². The van der Waals surface area contributed by atoms with Gasteiger partial charge in [0.25, 0.3) is 0 Å². The number of halogens is 2. The lowest BCUT2D eigenvalue weighted by molar-refractivity contribution is -0.120. The van der Waals surface area contributed by atoms with E-state index in [1.807, 2.05) is 0 Å².